The summed E-state index contributed by atoms with van der Waals surface area (Å²) in [5, 5.41) is 0. The predicted molar refractivity (Wildman–Crippen MR) is 83.7 cm³/mol. The van der Waals surface area contributed by atoms with Gasteiger partial charge in [0.2, 0.25) is 0 Å². The van der Waals surface area contributed by atoms with E-state index in [0.717, 1.165) is 23.3 Å². The highest BCUT2D eigenvalue weighted by atomic mass is 19.4. The SMILES string of the molecule is CC(C)=C(N=Cc1ccccc1)c1ccc(C(F)(F)F)cc1. The fraction of sp³-hybridized carbons (Fsp3) is 0.167. The quantitative estimate of drug-likeness (QED) is 0.657. The van der Waals surface area contributed by atoms with E-state index < -0.39 is 11.7 Å². The molecule has 0 aliphatic heterocycles. The average Bonchev–Trinajstić information content (AvgIpc) is 2.48. The molecule has 0 amide bonds. The van der Waals surface area contributed by atoms with Crippen LogP contribution in [0.15, 0.2) is 65.2 Å². The summed E-state index contributed by atoms with van der Waals surface area (Å²) >= 11 is 0. The summed E-state index contributed by atoms with van der Waals surface area (Å²) in [4.78, 5) is 4.43. The molecule has 2 rings (SSSR count). The van der Waals surface area contributed by atoms with Crippen LogP contribution in [0.5, 0.6) is 0 Å². The maximum Gasteiger partial charge on any atom is 0.416 e. The molecule has 114 valence electrons. The molecule has 0 N–H and O–H groups in total. The lowest BCUT2D eigenvalue weighted by atomic mass is 10.1. The molecule has 0 spiro atoms. The number of allylic oxidation sites excluding steroid dienone is 1. The Morgan fingerprint density at radius 2 is 1.50 bits per heavy atom. The van der Waals surface area contributed by atoms with Gasteiger partial charge in [-0.1, -0.05) is 48.0 Å². The lowest BCUT2D eigenvalue weighted by Gasteiger charge is -2.09. The second-order valence-corrected chi connectivity index (χ2v) is 5.09. The third kappa shape index (κ3) is 4.07. The van der Waals surface area contributed by atoms with Crippen molar-refractivity contribution < 1.29 is 13.2 Å². The van der Waals surface area contributed by atoms with Gasteiger partial charge in [-0.3, -0.25) is 4.99 Å². The molecule has 0 aliphatic rings. The van der Waals surface area contributed by atoms with E-state index in [2.05, 4.69) is 4.99 Å². The number of hydrogen-bond acceptors (Lipinski definition) is 1. The lowest BCUT2D eigenvalue weighted by Crippen LogP contribution is -2.04. The van der Waals surface area contributed by atoms with Gasteiger partial charge >= 0.3 is 6.18 Å². The van der Waals surface area contributed by atoms with Crippen molar-refractivity contribution >= 4 is 11.9 Å². The number of nitrogens with zero attached hydrogens (tertiary/aromatic N) is 1. The molecule has 0 saturated heterocycles. The summed E-state index contributed by atoms with van der Waals surface area (Å²) in [5.41, 5.74) is 2.56. The molecule has 4 heteroatoms. The number of benzene rings is 2. The van der Waals surface area contributed by atoms with Gasteiger partial charge in [-0.25, -0.2) is 0 Å². The topological polar surface area (TPSA) is 12.4 Å². The molecule has 0 aromatic heterocycles. The molecular weight excluding hydrogens is 287 g/mol. The molecule has 0 radical (unpaired) electrons. The first-order valence-corrected chi connectivity index (χ1v) is 6.82. The Labute approximate surface area is 127 Å². The molecule has 0 bridgehead atoms. The van der Waals surface area contributed by atoms with Gasteiger partial charge in [-0.15, -0.1) is 0 Å². The fourth-order valence-electron chi connectivity index (χ4n) is 1.99. The van der Waals surface area contributed by atoms with Crippen molar-refractivity contribution in [1.82, 2.24) is 0 Å². The van der Waals surface area contributed by atoms with Gasteiger partial charge in [-0.2, -0.15) is 13.2 Å². The zero-order chi connectivity index (χ0) is 16.2. The number of rotatable bonds is 3. The molecule has 0 atom stereocenters. The monoisotopic (exact) mass is 303 g/mol. The summed E-state index contributed by atoms with van der Waals surface area (Å²) in [5.74, 6) is 0. The van der Waals surface area contributed by atoms with Gasteiger partial charge in [-0.05, 0) is 31.5 Å². The van der Waals surface area contributed by atoms with E-state index in [1.54, 1.807) is 6.21 Å². The smallest absolute Gasteiger partial charge is 0.256 e. The summed E-state index contributed by atoms with van der Waals surface area (Å²) in [7, 11) is 0. The van der Waals surface area contributed by atoms with Gasteiger partial charge in [0.1, 0.15) is 0 Å². The molecule has 2 aromatic carbocycles. The Hall–Kier alpha value is -2.36. The van der Waals surface area contributed by atoms with Crippen molar-refractivity contribution in [3.8, 4) is 0 Å². The third-order valence-corrected chi connectivity index (χ3v) is 3.10. The van der Waals surface area contributed by atoms with Crippen LogP contribution in [0.4, 0.5) is 13.2 Å². The minimum Gasteiger partial charge on any atom is -0.256 e. The second kappa shape index (κ2) is 6.60. The Morgan fingerprint density at radius 3 is 2.00 bits per heavy atom. The summed E-state index contributed by atoms with van der Waals surface area (Å²) in [6, 6.07) is 14.6. The Morgan fingerprint density at radius 1 is 0.909 bits per heavy atom. The van der Waals surface area contributed by atoms with E-state index >= 15 is 0 Å². The van der Waals surface area contributed by atoms with Crippen molar-refractivity contribution in [3.05, 3.63) is 76.9 Å². The van der Waals surface area contributed by atoms with Crippen LogP contribution in [-0.2, 0) is 6.18 Å². The normalized spacial score (nSPS) is 11.7. The number of halogens is 3. The zero-order valence-electron chi connectivity index (χ0n) is 12.4. The number of hydrogen-bond donors (Lipinski definition) is 0. The van der Waals surface area contributed by atoms with Crippen LogP contribution in [0.3, 0.4) is 0 Å². The van der Waals surface area contributed by atoms with E-state index in [1.807, 2.05) is 44.2 Å². The van der Waals surface area contributed by atoms with Crippen LogP contribution in [0, 0.1) is 0 Å². The Balaban J connectivity index is 2.30. The molecule has 2 aromatic rings. The van der Waals surface area contributed by atoms with E-state index in [-0.39, 0.29) is 0 Å². The summed E-state index contributed by atoms with van der Waals surface area (Å²) in [6.45, 7) is 3.77. The van der Waals surface area contributed by atoms with Crippen molar-refractivity contribution in [2.24, 2.45) is 4.99 Å². The number of aliphatic imine (C=N–C) groups is 1. The van der Waals surface area contributed by atoms with Crippen molar-refractivity contribution in [2.45, 2.75) is 20.0 Å². The minimum absolute atomic E-state index is 0.656. The Kier molecular flexibility index (Phi) is 4.81. The van der Waals surface area contributed by atoms with Gasteiger partial charge in [0.15, 0.2) is 0 Å². The summed E-state index contributed by atoms with van der Waals surface area (Å²) in [6.07, 6.45) is -2.61. The summed E-state index contributed by atoms with van der Waals surface area (Å²) < 4.78 is 37.8. The third-order valence-electron chi connectivity index (χ3n) is 3.10. The van der Waals surface area contributed by atoms with Gasteiger partial charge in [0.25, 0.3) is 0 Å². The van der Waals surface area contributed by atoms with Crippen LogP contribution in [0.25, 0.3) is 5.70 Å². The highest BCUT2D eigenvalue weighted by Crippen LogP contribution is 2.30. The number of alkyl halides is 3. The van der Waals surface area contributed by atoms with Crippen LogP contribution >= 0.6 is 0 Å². The average molecular weight is 303 g/mol. The van der Waals surface area contributed by atoms with E-state index in [0.29, 0.717) is 11.3 Å². The molecular formula is C18H16F3N. The van der Waals surface area contributed by atoms with Crippen LogP contribution in [0.1, 0.15) is 30.5 Å². The standard InChI is InChI=1S/C18H16F3N/c1-13(2)17(22-12-14-6-4-3-5-7-14)15-8-10-16(11-9-15)18(19,20)21/h3-12H,1-2H3. The van der Waals surface area contributed by atoms with Crippen molar-refractivity contribution in [2.75, 3.05) is 0 Å². The lowest BCUT2D eigenvalue weighted by molar-refractivity contribution is -0.137. The van der Waals surface area contributed by atoms with E-state index in [4.69, 9.17) is 0 Å². The first-order valence-electron chi connectivity index (χ1n) is 6.82. The van der Waals surface area contributed by atoms with Crippen LogP contribution in [-0.4, -0.2) is 6.21 Å². The molecule has 0 saturated carbocycles. The largest absolute Gasteiger partial charge is 0.416 e. The maximum atomic E-state index is 12.6. The van der Waals surface area contributed by atoms with Crippen molar-refractivity contribution in [3.63, 3.8) is 0 Å². The predicted octanol–water partition coefficient (Wildman–Crippen LogP) is 5.58. The van der Waals surface area contributed by atoms with Gasteiger partial charge in [0, 0.05) is 11.8 Å². The second-order valence-electron chi connectivity index (χ2n) is 5.09. The van der Waals surface area contributed by atoms with Crippen LogP contribution in [0.2, 0.25) is 0 Å². The Bertz CT molecular complexity index is 677. The first-order chi connectivity index (χ1) is 10.4. The minimum atomic E-state index is -4.32. The van der Waals surface area contributed by atoms with Gasteiger partial charge in [0.05, 0.1) is 11.3 Å². The van der Waals surface area contributed by atoms with E-state index in [9.17, 15) is 13.2 Å². The first kappa shape index (κ1) is 16.0. The highest BCUT2D eigenvalue weighted by molar-refractivity contribution is 5.85. The molecule has 0 aliphatic carbocycles. The zero-order valence-corrected chi connectivity index (χ0v) is 12.4. The molecule has 0 unspecified atom stereocenters. The molecule has 22 heavy (non-hydrogen) atoms. The molecule has 0 fully saturated rings. The highest BCUT2D eigenvalue weighted by Gasteiger charge is 2.30. The van der Waals surface area contributed by atoms with Crippen LogP contribution < -0.4 is 0 Å². The maximum absolute atomic E-state index is 12.6. The van der Waals surface area contributed by atoms with E-state index in [1.165, 1.54) is 12.1 Å². The fourth-order valence-corrected chi connectivity index (χ4v) is 1.99. The van der Waals surface area contributed by atoms with Gasteiger partial charge < -0.3 is 0 Å². The molecule has 1 nitrogen and oxygen atoms in total. The van der Waals surface area contributed by atoms with Crippen molar-refractivity contribution in [1.29, 1.82) is 0 Å². The molecule has 0 heterocycles.